The molecule has 3 heteroatoms. The molecule has 2 aromatic rings. The Morgan fingerprint density at radius 2 is 2.25 bits per heavy atom. The van der Waals surface area contributed by atoms with Crippen LogP contribution in [-0.2, 0) is 0 Å². The highest BCUT2D eigenvalue weighted by atomic mass is 16.5. The van der Waals surface area contributed by atoms with Crippen molar-refractivity contribution < 1.29 is 9.15 Å². The average Bonchev–Trinajstić information content (AvgIpc) is 2.46. The van der Waals surface area contributed by atoms with Crippen molar-refractivity contribution in [3.8, 4) is 5.75 Å². The van der Waals surface area contributed by atoms with E-state index in [2.05, 4.69) is 0 Å². The fourth-order valence-electron chi connectivity index (χ4n) is 1.18. The van der Waals surface area contributed by atoms with Crippen LogP contribution in [0.3, 0.4) is 0 Å². The quantitative estimate of drug-likeness (QED) is 0.654. The first-order valence-corrected chi connectivity index (χ1v) is 3.62. The normalized spacial score (nSPS) is 10.4. The second-order valence-electron chi connectivity index (χ2n) is 2.56. The van der Waals surface area contributed by atoms with Crippen LogP contribution in [0, 0.1) is 0 Å². The van der Waals surface area contributed by atoms with Crippen LogP contribution in [0.15, 0.2) is 28.9 Å². The van der Waals surface area contributed by atoms with E-state index in [1.165, 1.54) is 0 Å². The monoisotopic (exact) mass is 163 g/mol. The number of nitrogen functional groups attached to an aromatic ring is 1. The number of ether oxygens (including phenoxy) is 1. The number of anilines is 1. The summed E-state index contributed by atoms with van der Waals surface area (Å²) in [4.78, 5) is 0. The van der Waals surface area contributed by atoms with Gasteiger partial charge in [0.2, 0.25) is 0 Å². The molecule has 0 fully saturated rings. The predicted octanol–water partition coefficient (Wildman–Crippen LogP) is 2.02. The van der Waals surface area contributed by atoms with E-state index in [9.17, 15) is 0 Å². The number of hydrogen-bond acceptors (Lipinski definition) is 3. The molecule has 0 amide bonds. The standard InChI is InChI=1S/C9H9NO2/c1-11-9-5-12-8-3-2-6(10)4-7(8)9/h2-5H,10H2,1H3. The van der Waals surface area contributed by atoms with Gasteiger partial charge in [0.05, 0.1) is 12.5 Å². The molecule has 0 aliphatic heterocycles. The third-order valence-electron chi connectivity index (χ3n) is 1.78. The molecule has 1 aromatic carbocycles. The summed E-state index contributed by atoms with van der Waals surface area (Å²) in [6.45, 7) is 0. The van der Waals surface area contributed by atoms with Crippen LogP contribution in [0.25, 0.3) is 11.0 Å². The molecular formula is C9H9NO2. The third-order valence-corrected chi connectivity index (χ3v) is 1.78. The van der Waals surface area contributed by atoms with Gasteiger partial charge in [-0.25, -0.2) is 0 Å². The minimum Gasteiger partial charge on any atom is -0.493 e. The van der Waals surface area contributed by atoms with E-state index in [1.54, 1.807) is 19.4 Å². The van der Waals surface area contributed by atoms with Gasteiger partial charge in [0.1, 0.15) is 11.8 Å². The van der Waals surface area contributed by atoms with Crippen molar-refractivity contribution >= 4 is 16.7 Å². The lowest BCUT2D eigenvalue weighted by atomic mass is 10.2. The van der Waals surface area contributed by atoms with Crippen molar-refractivity contribution in [3.63, 3.8) is 0 Å². The van der Waals surface area contributed by atoms with Gasteiger partial charge in [-0.3, -0.25) is 0 Å². The van der Waals surface area contributed by atoms with E-state index < -0.39 is 0 Å². The Morgan fingerprint density at radius 3 is 3.00 bits per heavy atom. The van der Waals surface area contributed by atoms with Crippen LogP contribution in [0.1, 0.15) is 0 Å². The van der Waals surface area contributed by atoms with Crippen molar-refractivity contribution in [2.75, 3.05) is 12.8 Å². The highest BCUT2D eigenvalue weighted by Gasteiger charge is 2.04. The molecule has 0 spiro atoms. The largest absolute Gasteiger partial charge is 0.493 e. The molecule has 0 bridgehead atoms. The molecule has 1 heterocycles. The number of fused-ring (bicyclic) bond motifs is 1. The SMILES string of the molecule is COc1coc2ccc(N)cc12. The van der Waals surface area contributed by atoms with Crippen LogP contribution in [0.4, 0.5) is 5.69 Å². The van der Waals surface area contributed by atoms with E-state index in [0.29, 0.717) is 5.69 Å². The predicted molar refractivity (Wildman–Crippen MR) is 47.2 cm³/mol. The molecule has 0 aliphatic rings. The van der Waals surface area contributed by atoms with Gasteiger partial charge in [0.15, 0.2) is 5.75 Å². The number of hydrogen-bond donors (Lipinski definition) is 1. The van der Waals surface area contributed by atoms with Crippen molar-refractivity contribution in [2.24, 2.45) is 0 Å². The van der Waals surface area contributed by atoms with E-state index in [4.69, 9.17) is 14.9 Å². The Bertz CT molecular complexity index is 406. The summed E-state index contributed by atoms with van der Waals surface area (Å²) < 4.78 is 10.3. The van der Waals surface area contributed by atoms with Gasteiger partial charge in [-0.1, -0.05) is 0 Å². The molecule has 0 radical (unpaired) electrons. The van der Waals surface area contributed by atoms with Gasteiger partial charge < -0.3 is 14.9 Å². The molecule has 3 nitrogen and oxygen atoms in total. The van der Waals surface area contributed by atoms with Gasteiger partial charge in [-0.05, 0) is 18.2 Å². The van der Waals surface area contributed by atoms with E-state index in [0.717, 1.165) is 16.7 Å². The number of benzene rings is 1. The molecule has 62 valence electrons. The Kier molecular flexibility index (Phi) is 1.43. The van der Waals surface area contributed by atoms with Crippen molar-refractivity contribution in [1.82, 2.24) is 0 Å². The van der Waals surface area contributed by atoms with Gasteiger partial charge in [-0.2, -0.15) is 0 Å². The van der Waals surface area contributed by atoms with E-state index in [1.807, 2.05) is 12.1 Å². The summed E-state index contributed by atoms with van der Waals surface area (Å²) in [6, 6.07) is 5.45. The summed E-state index contributed by atoms with van der Waals surface area (Å²) in [5.41, 5.74) is 7.11. The van der Waals surface area contributed by atoms with Gasteiger partial charge in [0.25, 0.3) is 0 Å². The zero-order valence-corrected chi connectivity index (χ0v) is 6.70. The molecule has 0 saturated heterocycles. The molecule has 1 aromatic heterocycles. The average molecular weight is 163 g/mol. The van der Waals surface area contributed by atoms with Crippen LogP contribution in [0.2, 0.25) is 0 Å². The highest BCUT2D eigenvalue weighted by Crippen LogP contribution is 2.28. The molecule has 2 rings (SSSR count). The lowest BCUT2D eigenvalue weighted by Crippen LogP contribution is -1.83. The maximum Gasteiger partial charge on any atom is 0.164 e. The third kappa shape index (κ3) is 0.906. The maximum absolute atomic E-state index is 5.61. The highest BCUT2D eigenvalue weighted by molar-refractivity contribution is 5.86. The molecule has 0 saturated carbocycles. The molecule has 2 N–H and O–H groups in total. The van der Waals surface area contributed by atoms with Crippen molar-refractivity contribution in [3.05, 3.63) is 24.5 Å². The first-order chi connectivity index (χ1) is 5.81. The number of rotatable bonds is 1. The zero-order chi connectivity index (χ0) is 8.55. The zero-order valence-electron chi connectivity index (χ0n) is 6.70. The minimum absolute atomic E-state index is 0.710. The summed E-state index contributed by atoms with van der Waals surface area (Å²) in [7, 11) is 1.60. The van der Waals surface area contributed by atoms with Crippen molar-refractivity contribution in [1.29, 1.82) is 0 Å². The summed E-state index contributed by atoms with van der Waals surface area (Å²) >= 11 is 0. The van der Waals surface area contributed by atoms with Crippen molar-refractivity contribution in [2.45, 2.75) is 0 Å². The van der Waals surface area contributed by atoms with Gasteiger partial charge >= 0.3 is 0 Å². The van der Waals surface area contributed by atoms with Crippen LogP contribution in [0.5, 0.6) is 5.75 Å². The topological polar surface area (TPSA) is 48.4 Å². The van der Waals surface area contributed by atoms with Crippen LogP contribution >= 0.6 is 0 Å². The molecule has 0 aliphatic carbocycles. The molecule has 12 heavy (non-hydrogen) atoms. The Labute approximate surface area is 69.7 Å². The Hall–Kier alpha value is -1.64. The first-order valence-electron chi connectivity index (χ1n) is 3.62. The summed E-state index contributed by atoms with van der Waals surface area (Å²) in [5, 5.41) is 0.914. The fraction of sp³-hybridized carbons (Fsp3) is 0.111. The van der Waals surface area contributed by atoms with E-state index >= 15 is 0 Å². The Balaban J connectivity index is 2.75. The van der Waals surface area contributed by atoms with Gasteiger partial charge in [0, 0.05) is 5.69 Å². The number of methoxy groups -OCH3 is 1. The molecular weight excluding hydrogens is 154 g/mol. The minimum atomic E-state index is 0.710. The molecule has 0 unspecified atom stereocenters. The second kappa shape index (κ2) is 2.44. The second-order valence-corrected chi connectivity index (χ2v) is 2.56. The smallest absolute Gasteiger partial charge is 0.164 e. The van der Waals surface area contributed by atoms with Crippen LogP contribution in [-0.4, -0.2) is 7.11 Å². The lowest BCUT2D eigenvalue weighted by Gasteiger charge is -1.95. The van der Waals surface area contributed by atoms with Gasteiger partial charge in [-0.15, -0.1) is 0 Å². The van der Waals surface area contributed by atoms with Crippen LogP contribution < -0.4 is 10.5 Å². The number of furan rings is 1. The maximum atomic E-state index is 5.61. The molecule has 0 atom stereocenters. The summed E-state index contributed by atoms with van der Waals surface area (Å²) in [5.74, 6) is 0.720. The van der Waals surface area contributed by atoms with E-state index in [-0.39, 0.29) is 0 Å². The lowest BCUT2D eigenvalue weighted by molar-refractivity contribution is 0.410. The summed E-state index contributed by atoms with van der Waals surface area (Å²) in [6.07, 6.45) is 1.57. The first kappa shape index (κ1) is 7.03. The number of nitrogens with two attached hydrogens (primary N) is 1. The fourth-order valence-corrected chi connectivity index (χ4v) is 1.18. The Morgan fingerprint density at radius 1 is 1.42 bits per heavy atom.